The van der Waals surface area contributed by atoms with E-state index in [1.165, 1.54) is 295 Å². The summed E-state index contributed by atoms with van der Waals surface area (Å²) in [5, 5.41) is 33.4. The van der Waals surface area contributed by atoms with Gasteiger partial charge in [-0.3, -0.25) is 4.79 Å². The van der Waals surface area contributed by atoms with E-state index in [-0.39, 0.29) is 6.61 Å². The van der Waals surface area contributed by atoms with E-state index in [0.717, 1.165) is 38.5 Å². The van der Waals surface area contributed by atoms with E-state index in [0.29, 0.717) is 6.42 Å². The molecule has 1 amide bonds. The molecule has 0 fully saturated rings. The zero-order valence-corrected chi connectivity index (χ0v) is 48.1. The fraction of sp³-hybridized carbons (Fsp3) is 0.894. The lowest BCUT2D eigenvalue weighted by atomic mass is 10.0. The molecule has 0 aliphatic rings. The highest BCUT2D eigenvalue weighted by Crippen LogP contribution is 2.18. The van der Waals surface area contributed by atoms with Gasteiger partial charge in [0.05, 0.1) is 18.8 Å². The third-order valence-electron chi connectivity index (χ3n) is 15.2. The van der Waals surface area contributed by atoms with Gasteiger partial charge in [-0.25, -0.2) is 0 Å². The molecule has 3 unspecified atom stereocenters. The Bertz CT molecular complexity index is 1100. The first kappa shape index (κ1) is 69.6. The Kier molecular flexibility index (Phi) is 59.9. The number of amides is 1. The average molecular weight is 999 g/mol. The van der Waals surface area contributed by atoms with Crippen LogP contribution in [0.25, 0.3) is 0 Å². The summed E-state index contributed by atoms with van der Waals surface area (Å²) in [6, 6.07) is -0.798. The third kappa shape index (κ3) is 56.1. The molecule has 0 radical (unpaired) electrons. The van der Waals surface area contributed by atoms with Crippen molar-refractivity contribution in [3.05, 3.63) is 36.5 Å². The molecule has 71 heavy (non-hydrogen) atoms. The van der Waals surface area contributed by atoms with Crippen LogP contribution in [0.1, 0.15) is 354 Å². The third-order valence-corrected chi connectivity index (χ3v) is 15.2. The number of carbonyl (C=O) groups excluding carboxylic acids is 1. The van der Waals surface area contributed by atoms with E-state index in [4.69, 9.17) is 0 Å². The number of rotatable bonds is 60. The lowest BCUT2D eigenvalue weighted by Crippen LogP contribution is -2.48. The Hall–Kier alpha value is -1.43. The van der Waals surface area contributed by atoms with Gasteiger partial charge in [-0.2, -0.15) is 0 Å². The summed E-state index contributed by atoms with van der Waals surface area (Å²) in [6.07, 6.45) is 81.2. The summed E-state index contributed by atoms with van der Waals surface area (Å²) in [4.78, 5) is 12.6. The highest BCUT2D eigenvalue weighted by molar-refractivity contribution is 5.80. The molecule has 3 atom stereocenters. The van der Waals surface area contributed by atoms with Gasteiger partial charge in [-0.1, -0.05) is 339 Å². The minimum atomic E-state index is -1.10. The highest BCUT2D eigenvalue weighted by Gasteiger charge is 2.22. The molecule has 0 saturated carbocycles. The second-order valence-corrected chi connectivity index (χ2v) is 22.3. The molecule has 4 N–H and O–H groups in total. The number of aliphatic hydroxyl groups excluding tert-OH is 3. The van der Waals surface area contributed by atoms with E-state index < -0.39 is 24.2 Å². The number of hydrogen-bond donors (Lipinski definition) is 4. The Morgan fingerprint density at radius 1 is 0.352 bits per heavy atom. The van der Waals surface area contributed by atoms with Crippen molar-refractivity contribution in [1.29, 1.82) is 0 Å². The van der Waals surface area contributed by atoms with Crippen LogP contribution in [-0.2, 0) is 4.79 Å². The SMILES string of the molecule is CCCCCCCCCCCCCCCCC/C=C\C/C=C\CCCCCCCCCCCCCCCCCCC(O)C(=O)NC(CO)C(O)/C=C/CCCCCCCCCCCCCCCCCCC. The van der Waals surface area contributed by atoms with Crippen molar-refractivity contribution in [3.8, 4) is 0 Å². The zero-order valence-electron chi connectivity index (χ0n) is 48.1. The standard InChI is InChI=1S/C66H127NO4/c1-3-5-7-9-11-13-15-17-19-21-23-24-25-26-27-28-29-30-31-32-33-34-35-36-37-38-39-40-41-43-45-47-49-51-53-55-57-59-61-65(70)66(71)67-63(62-68)64(69)60-58-56-54-52-50-48-46-44-42-22-20-18-16-14-12-10-8-6-4-2/h29-30,32-33,58,60,63-65,68-70H,3-28,31,34-57,59,61-62H2,1-2H3,(H,67,71)/b30-29-,33-32-,60-58+. The lowest BCUT2D eigenvalue weighted by molar-refractivity contribution is -0.131. The second kappa shape index (κ2) is 61.1. The molecule has 0 rings (SSSR count). The molecule has 0 aromatic rings. The maximum absolute atomic E-state index is 12.6. The van der Waals surface area contributed by atoms with Gasteiger partial charge >= 0.3 is 0 Å². The molecule has 5 heteroatoms. The molecule has 0 aliphatic heterocycles. The molecule has 0 bridgehead atoms. The molecular weight excluding hydrogens is 871 g/mol. The molecule has 5 nitrogen and oxygen atoms in total. The smallest absolute Gasteiger partial charge is 0.249 e. The summed E-state index contributed by atoms with van der Waals surface area (Å²) in [5.74, 6) is -0.498. The number of hydrogen-bond acceptors (Lipinski definition) is 4. The van der Waals surface area contributed by atoms with Gasteiger partial charge in [0, 0.05) is 0 Å². The van der Waals surface area contributed by atoms with Crippen molar-refractivity contribution in [3.63, 3.8) is 0 Å². The lowest BCUT2D eigenvalue weighted by Gasteiger charge is -2.21. The Morgan fingerprint density at radius 3 is 0.887 bits per heavy atom. The first-order valence-corrected chi connectivity index (χ1v) is 32.3. The maximum atomic E-state index is 12.6. The molecule has 0 aliphatic carbocycles. The summed E-state index contributed by atoms with van der Waals surface area (Å²) in [5.41, 5.74) is 0. The quantitative estimate of drug-likeness (QED) is 0.0361. The fourth-order valence-electron chi connectivity index (χ4n) is 10.2. The van der Waals surface area contributed by atoms with Gasteiger partial charge in [-0.15, -0.1) is 0 Å². The molecule has 0 aromatic heterocycles. The van der Waals surface area contributed by atoms with E-state index in [1.807, 2.05) is 6.08 Å². The summed E-state index contributed by atoms with van der Waals surface area (Å²) >= 11 is 0. The Balaban J connectivity index is 3.49. The van der Waals surface area contributed by atoms with E-state index >= 15 is 0 Å². The van der Waals surface area contributed by atoms with Crippen molar-refractivity contribution in [2.75, 3.05) is 6.61 Å². The van der Waals surface area contributed by atoms with Crippen molar-refractivity contribution in [1.82, 2.24) is 5.32 Å². The zero-order chi connectivity index (χ0) is 51.4. The predicted molar refractivity (Wildman–Crippen MR) is 314 cm³/mol. The fourth-order valence-corrected chi connectivity index (χ4v) is 10.2. The van der Waals surface area contributed by atoms with Crippen LogP contribution in [0.5, 0.6) is 0 Å². The van der Waals surface area contributed by atoms with Crippen molar-refractivity contribution < 1.29 is 20.1 Å². The normalized spacial score (nSPS) is 13.4. The van der Waals surface area contributed by atoms with Crippen LogP contribution in [0, 0.1) is 0 Å². The van der Waals surface area contributed by atoms with Gasteiger partial charge < -0.3 is 20.6 Å². The van der Waals surface area contributed by atoms with Gasteiger partial charge in [-0.05, 0) is 51.4 Å². The van der Waals surface area contributed by atoms with Crippen LogP contribution < -0.4 is 5.32 Å². The van der Waals surface area contributed by atoms with Crippen LogP contribution in [0.4, 0.5) is 0 Å². The maximum Gasteiger partial charge on any atom is 0.249 e. The Morgan fingerprint density at radius 2 is 0.606 bits per heavy atom. The van der Waals surface area contributed by atoms with Crippen LogP contribution in [-0.4, -0.2) is 46.1 Å². The topological polar surface area (TPSA) is 89.8 Å². The van der Waals surface area contributed by atoms with Crippen molar-refractivity contribution >= 4 is 5.91 Å². The van der Waals surface area contributed by atoms with Gasteiger partial charge in [0.15, 0.2) is 0 Å². The number of carbonyl (C=O) groups is 1. The predicted octanol–water partition coefficient (Wildman–Crippen LogP) is 20.6. The Labute approximate surface area is 444 Å². The molecule has 420 valence electrons. The summed E-state index contributed by atoms with van der Waals surface area (Å²) in [7, 11) is 0. The molecule has 0 heterocycles. The monoisotopic (exact) mass is 998 g/mol. The first-order valence-electron chi connectivity index (χ1n) is 32.3. The molecule has 0 aromatic carbocycles. The minimum absolute atomic E-state index is 0.361. The van der Waals surface area contributed by atoms with E-state index in [9.17, 15) is 20.1 Å². The van der Waals surface area contributed by atoms with Crippen LogP contribution >= 0.6 is 0 Å². The summed E-state index contributed by atoms with van der Waals surface area (Å²) < 4.78 is 0. The largest absolute Gasteiger partial charge is 0.394 e. The van der Waals surface area contributed by atoms with Gasteiger partial charge in [0.1, 0.15) is 6.10 Å². The van der Waals surface area contributed by atoms with Crippen LogP contribution in [0.15, 0.2) is 36.5 Å². The van der Waals surface area contributed by atoms with Gasteiger partial charge in [0.2, 0.25) is 5.91 Å². The second-order valence-electron chi connectivity index (χ2n) is 22.3. The first-order chi connectivity index (χ1) is 35.1. The molecule has 0 saturated heterocycles. The molecule has 0 spiro atoms. The van der Waals surface area contributed by atoms with Crippen molar-refractivity contribution in [2.45, 2.75) is 372 Å². The summed E-state index contributed by atoms with van der Waals surface area (Å²) in [6.45, 7) is 4.22. The van der Waals surface area contributed by atoms with Crippen LogP contribution in [0.2, 0.25) is 0 Å². The van der Waals surface area contributed by atoms with E-state index in [2.05, 4.69) is 43.5 Å². The number of nitrogens with one attached hydrogen (secondary N) is 1. The minimum Gasteiger partial charge on any atom is -0.394 e. The number of unbranched alkanes of at least 4 members (excludes halogenated alkanes) is 48. The average Bonchev–Trinajstić information content (AvgIpc) is 3.38. The number of aliphatic hydroxyl groups is 3. The van der Waals surface area contributed by atoms with E-state index in [1.54, 1.807) is 6.08 Å². The molecular formula is C66H127NO4. The highest BCUT2D eigenvalue weighted by atomic mass is 16.3. The van der Waals surface area contributed by atoms with Crippen LogP contribution in [0.3, 0.4) is 0 Å². The number of allylic oxidation sites excluding steroid dienone is 5. The van der Waals surface area contributed by atoms with Gasteiger partial charge in [0.25, 0.3) is 0 Å². The van der Waals surface area contributed by atoms with Crippen molar-refractivity contribution in [2.24, 2.45) is 0 Å².